The number of oxazole rings is 1. The maximum Gasteiger partial charge on any atom is 0.494 e. The van der Waals surface area contributed by atoms with E-state index >= 15 is 0 Å². The van der Waals surface area contributed by atoms with Crippen LogP contribution in [-0.2, 0) is 9.31 Å². The maximum atomic E-state index is 6.41. The van der Waals surface area contributed by atoms with Crippen LogP contribution < -0.4 is 5.46 Å². The van der Waals surface area contributed by atoms with Gasteiger partial charge in [-0.05, 0) is 74.3 Å². The fourth-order valence-corrected chi connectivity index (χ4v) is 6.02. The highest BCUT2D eigenvalue weighted by molar-refractivity contribution is 7.26. The molecule has 0 N–H and O–H groups in total. The van der Waals surface area contributed by atoms with Crippen molar-refractivity contribution in [3.8, 4) is 11.5 Å². The van der Waals surface area contributed by atoms with E-state index in [1.165, 1.54) is 25.6 Å². The first kappa shape index (κ1) is 21.1. The summed E-state index contributed by atoms with van der Waals surface area (Å²) in [5.74, 6) is 0.644. The average molecular weight is 477 g/mol. The van der Waals surface area contributed by atoms with E-state index in [0.717, 1.165) is 27.5 Å². The minimum absolute atomic E-state index is 0.381. The number of hydrogen-bond donors (Lipinski definition) is 0. The number of nitrogens with zero attached hydrogens (tertiary/aromatic N) is 1. The minimum atomic E-state index is -0.403. The average Bonchev–Trinajstić information content (AvgIpc) is 3.50. The number of fused-ring (bicyclic) bond motifs is 7. The smallest absolute Gasteiger partial charge is 0.435 e. The standard InChI is InChI=1S/C29H24BNO3S/c1-28(2)29(3,4)34-30(33-28)19-12-10-17-11-14-22-24(20(17)16-19)25-23(35-22)15-13-21-26(25)32-27(31-21)18-8-6-5-7-9-18/h5-16H,1-4H3. The Morgan fingerprint density at radius 2 is 1.46 bits per heavy atom. The highest BCUT2D eigenvalue weighted by Crippen LogP contribution is 2.43. The Labute approximate surface area is 207 Å². The molecule has 7 rings (SSSR count). The third-order valence-corrected chi connectivity index (χ3v) is 8.66. The molecule has 6 heteroatoms. The fraction of sp³-hybridized carbons (Fsp3) is 0.207. The van der Waals surface area contributed by atoms with Gasteiger partial charge in [0.15, 0.2) is 5.58 Å². The zero-order valence-electron chi connectivity index (χ0n) is 20.1. The van der Waals surface area contributed by atoms with Crippen LogP contribution in [0.25, 0.3) is 53.5 Å². The van der Waals surface area contributed by atoms with Crippen LogP contribution in [0.5, 0.6) is 0 Å². The second kappa shape index (κ2) is 7.17. The second-order valence-electron chi connectivity index (χ2n) is 10.3. The Hall–Kier alpha value is -3.19. The Bertz CT molecular complexity index is 1750. The van der Waals surface area contributed by atoms with Gasteiger partial charge in [0.1, 0.15) is 5.52 Å². The molecule has 0 radical (unpaired) electrons. The van der Waals surface area contributed by atoms with E-state index in [2.05, 4.69) is 70.2 Å². The topological polar surface area (TPSA) is 44.5 Å². The van der Waals surface area contributed by atoms with Crippen molar-refractivity contribution in [1.82, 2.24) is 4.98 Å². The van der Waals surface area contributed by atoms with Crippen molar-refractivity contribution >= 4 is 66.0 Å². The van der Waals surface area contributed by atoms with Crippen molar-refractivity contribution in [2.45, 2.75) is 38.9 Å². The fourth-order valence-electron chi connectivity index (χ4n) is 4.90. The van der Waals surface area contributed by atoms with Crippen LogP contribution in [0, 0.1) is 0 Å². The first-order chi connectivity index (χ1) is 16.8. The van der Waals surface area contributed by atoms with Crippen molar-refractivity contribution in [2.24, 2.45) is 0 Å². The van der Waals surface area contributed by atoms with Gasteiger partial charge in [-0.1, -0.05) is 42.5 Å². The summed E-state index contributed by atoms with van der Waals surface area (Å²) >= 11 is 1.78. The van der Waals surface area contributed by atoms with Crippen LogP contribution in [0.1, 0.15) is 27.7 Å². The highest BCUT2D eigenvalue weighted by atomic mass is 32.1. The SMILES string of the molecule is CC1(C)OB(c2ccc3ccc4sc5ccc6nc(-c7ccccc7)oc6c5c4c3c2)OC1(C)C. The van der Waals surface area contributed by atoms with Crippen LogP contribution >= 0.6 is 11.3 Å². The molecular formula is C29H24BNO3S. The number of hydrogen-bond acceptors (Lipinski definition) is 5. The van der Waals surface area contributed by atoms with Crippen LogP contribution in [0.4, 0.5) is 0 Å². The molecule has 0 bridgehead atoms. The molecule has 0 unspecified atom stereocenters. The highest BCUT2D eigenvalue weighted by Gasteiger charge is 2.51. The van der Waals surface area contributed by atoms with Crippen molar-refractivity contribution in [1.29, 1.82) is 0 Å². The van der Waals surface area contributed by atoms with Crippen molar-refractivity contribution in [3.63, 3.8) is 0 Å². The van der Waals surface area contributed by atoms with Gasteiger partial charge in [0.25, 0.3) is 0 Å². The summed E-state index contributed by atoms with van der Waals surface area (Å²) in [6.07, 6.45) is 0. The molecule has 4 nitrogen and oxygen atoms in total. The van der Waals surface area contributed by atoms with Crippen LogP contribution in [0.2, 0.25) is 0 Å². The van der Waals surface area contributed by atoms with Crippen molar-refractivity contribution in [2.75, 3.05) is 0 Å². The van der Waals surface area contributed by atoms with E-state index in [0.29, 0.717) is 5.89 Å². The molecule has 0 spiro atoms. The lowest BCUT2D eigenvalue weighted by Crippen LogP contribution is -2.41. The molecule has 35 heavy (non-hydrogen) atoms. The number of rotatable bonds is 2. The lowest BCUT2D eigenvalue weighted by Gasteiger charge is -2.32. The zero-order chi connectivity index (χ0) is 23.9. The van der Waals surface area contributed by atoms with Gasteiger partial charge in [0.05, 0.1) is 11.2 Å². The number of aromatic nitrogens is 1. The van der Waals surface area contributed by atoms with Gasteiger partial charge < -0.3 is 13.7 Å². The molecule has 0 saturated carbocycles. The summed E-state index contributed by atoms with van der Waals surface area (Å²) < 4.78 is 21.5. The molecule has 4 aromatic carbocycles. The van der Waals surface area contributed by atoms with Gasteiger partial charge in [-0.3, -0.25) is 0 Å². The molecule has 1 saturated heterocycles. The summed E-state index contributed by atoms with van der Waals surface area (Å²) in [4.78, 5) is 4.81. The van der Waals surface area contributed by atoms with E-state index in [1.54, 1.807) is 11.3 Å². The lowest BCUT2D eigenvalue weighted by molar-refractivity contribution is 0.00578. The van der Waals surface area contributed by atoms with Gasteiger partial charge in [0.2, 0.25) is 5.89 Å². The Morgan fingerprint density at radius 1 is 0.771 bits per heavy atom. The third kappa shape index (κ3) is 3.10. The predicted octanol–water partition coefficient (Wildman–Crippen LogP) is 7.32. The second-order valence-corrected chi connectivity index (χ2v) is 11.4. The monoisotopic (exact) mass is 477 g/mol. The quantitative estimate of drug-likeness (QED) is 0.245. The van der Waals surface area contributed by atoms with E-state index in [-0.39, 0.29) is 11.2 Å². The van der Waals surface area contributed by atoms with Crippen molar-refractivity contribution in [3.05, 3.63) is 72.8 Å². The minimum Gasteiger partial charge on any atom is -0.435 e. The van der Waals surface area contributed by atoms with E-state index in [4.69, 9.17) is 18.7 Å². The van der Waals surface area contributed by atoms with E-state index in [9.17, 15) is 0 Å². The summed E-state index contributed by atoms with van der Waals surface area (Å²) in [6.45, 7) is 8.35. The van der Waals surface area contributed by atoms with Gasteiger partial charge >= 0.3 is 7.12 Å². The van der Waals surface area contributed by atoms with Gasteiger partial charge in [-0.2, -0.15) is 0 Å². The molecule has 3 heterocycles. The summed E-state index contributed by atoms with van der Waals surface area (Å²) in [5, 5.41) is 4.67. The first-order valence-electron chi connectivity index (χ1n) is 11.9. The molecule has 1 aliphatic heterocycles. The lowest BCUT2D eigenvalue weighted by atomic mass is 9.78. The normalized spacial score (nSPS) is 17.3. The molecule has 0 atom stereocenters. The van der Waals surface area contributed by atoms with Crippen molar-refractivity contribution < 1.29 is 13.7 Å². The maximum absolute atomic E-state index is 6.41. The Morgan fingerprint density at radius 3 is 2.23 bits per heavy atom. The van der Waals surface area contributed by atoms with Crippen LogP contribution in [0.15, 0.2) is 77.2 Å². The molecule has 0 amide bonds. The molecule has 2 aromatic heterocycles. The Kier molecular flexibility index (Phi) is 4.33. The van der Waals surface area contributed by atoms with E-state index < -0.39 is 7.12 Å². The third-order valence-electron chi connectivity index (χ3n) is 7.54. The number of thiophene rings is 1. The van der Waals surface area contributed by atoms with Crippen LogP contribution in [0.3, 0.4) is 0 Å². The summed E-state index contributed by atoms with van der Waals surface area (Å²) in [6, 6.07) is 25.2. The van der Waals surface area contributed by atoms with Crippen LogP contribution in [-0.4, -0.2) is 23.3 Å². The van der Waals surface area contributed by atoms with Gasteiger partial charge in [-0.15, -0.1) is 11.3 Å². The molecule has 172 valence electrons. The van der Waals surface area contributed by atoms with E-state index in [1.807, 2.05) is 30.3 Å². The molecule has 1 aliphatic rings. The van der Waals surface area contributed by atoms with Gasteiger partial charge in [-0.25, -0.2) is 4.98 Å². The molecule has 0 aliphatic carbocycles. The largest absolute Gasteiger partial charge is 0.494 e. The summed E-state index contributed by atoms with van der Waals surface area (Å²) in [5.41, 5.74) is 2.94. The zero-order valence-corrected chi connectivity index (χ0v) is 20.9. The molecular weight excluding hydrogens is 453 g/mol. The van der Waals surface area contributed by atoms with Gasteiger partial charge in [0, 0.05) is 25.7 Å². The Balaban J connectivity index is 1.48. The summed E-state index contributed by atoms with van der Waals surface area (Å²) in [7, 11) is -0.403. The first-order valence-corrected chi connectivity index (χ1v) is 12.7. The molecule has 6 aromatic rings. The predicted molar refractivity (Wildman–Crippen MR) is 146 cm³/mol. The molecule has 1 fully saturated rings. The number of benzene rings is 4.